The van der Waals surface area contributed by atoms with Gasteiger partial charge >= 0.3 is 0 Å². The number of nitrogens with one attached hydrogen (secondary N) is 1. The van der Waals surface area contributed by atoms with E-state index in [1.165, 1.54) is 6.20 Å². The molecule has 0 spiro atoms. The van der Waals surface area contributed by atoms with Crippen LogP contribution in [0.25, 0.3) is 10.9 Å². The Kier molecular flexibility index (Phi) is 3.86. The van der Waals surface area contributed by atoms with Gasteiger partial charge in [-0.25, -0.2) is 4.98 Å². The minimum absolute atomic E-state index is 0.297. The van der Waals surface area contributed by atoms with Gasteiger partial charge in [-0.15, -0.1) is 0 Å². The number of hydrogen-bond acceptors (Lipinski definition) is 3. The van der Waals surface area contributed by atoms with Crippen LogP contribution in [-0.2, 0) is 0 Å². The van der Waals surface area contributed by atoms with Gasteiger partial charge in [-0.2, -0.15) is 0 Å². The van der Waals surface area contributed by atoms with Crippen LogP contribution in [0.3, 0.4) is 0 Å². The summed E-state index contributed by atoms with van der Waals surface area (Å²) < 4.78 is 0.443. The molecule has 0 saturated carbocycles. The van der Waals surface area contributed by atoms with Gasteiger partial charge in [0.15, 0.2) is 0 Å². The van der Waals surface area contributed by atoms with Crippen molar-refractivity contribution in [3.63, 3.8) is 0 Å². The van der Waals surface area contributed by atoms with E-state index in [1.54, 1.807) is 12.3 Å². The quantitative estimate of drug-likeness (QED) is 0.692. The molecule has 0 bridgehead atoms. The van der Waals surface area contributed by atoms with Crippen LogP contribution in [0.4, 0.5) is 5.69 Å². The van der Waals surface area contributed by atoms with Crippen molar-refractivity contribution in [2.24, 2.45) is 0 Å². The highest BCUT2D eigenvalue weighted by Gasteiger charge is 2.12. The minimum atomic E-state index is -0.297. The second-order valence-corrected chi connectivity index (χ2v) is 5.55. The van der Waals surface area contributed by atoms with Crippen molar-refractivity contribution in [1.82, 2.24) is 9.97 Å². The summed E-state index contributed by atoms with van der Waals surface area (Å²) in [5.41, 5.74) is 1.86. The van der Waals surface area contributed by atoms with Gasteiger partial charge in [0.1, 0.15) is 4.60 Å². The second-order valence-electron chi connectivity index (χ2n) is 4.36. The molecule has 3 rings (SSSR count). The number of fused-ring (bicyclic) bond motifs is 1. The number of pyridine rings is 2. The first-order chi connectivity index (χ1) is 10.1. The third-order valence-corrected chi connectivity index (χ3v) is 3.74. The lowest BCUT2D eigenvalue weighted by molar-refractivity contribution is 0.102. The van der Waals surface area contributed by atoms with Crippen LogP contribution >= 0.6 is 27.5 Å². The number of para-hydroxylation sites is 1. The fourth-order valence-electron chi connectivity index (χ4n) is 1.92. The predicted octanol–water partition coefficient (Wildman–Crippen LogP) is 4.30. The van der Waals surface area contributed by atoms with Gasteiger partial charge in [-0.3, -0.25) is 9.78 Å². The molecule has 1 N–H and O–H groups in total. The summed E-state index contributed by atoms with van der Waals surface area (Å²) in [5, 5.41) is 4.15. The van der Waals surface area contributed by atoms with Crippen LogP contribution in [0.1, 0.15) is 10.4 Å². The zero-order valence-corrected chi connectivity index (χ0v) is 13.0. The van der Waals surface area contributed by atoms with Gasteiger partial charge in [0.25, 0.3) is 5.91 Å². The Labute approximate surface area is 134 Å². The maximum absolute atomic E-state index is 12.3. The van der Waals surface area contributed by atoms with E-state index in [9.17, 15) is 4.79 Å². The number of amides is 1. The number of carbonyl (C=O) groups excluding carboxylic acids is 1. The molecule has 1 amide bonds. The molecule has 3 aromatic rings. The summed E-state index contributed by atoms with van der Waals surface area (Å²) in [7, 11) is 0. The molecule has 0 aliphatic rings. The highest BCUT2D eigenvalue weighted by molar-refractivity contribution is 9.10. The standard InChI is InChI=1S/C15H9BrClN3O/c16-14-12(6-10(17)7-19-14)15(21)20-11-5-9-3-1-2-4-13(9)18-8-11/h1-8H,(H,20,21). The first-order valence-corrected chi connectivity index (χ1v) is 7.28. The SMILES string of the molecule is O=C(Nc1cnc2ccccc2c1)c1cc(Cl)cnc1Br. The van der Waals surface area contributed by atoms with Crippen molar-refractivity contribution < 1.29 is 4.79 Å². The van der Waals surface area contributed by atoms with Crippen LogP contribution in [-0.4, -0.2) is 15.9 Å². The molecule has 0 radical (unpaired) electrons. The van der Waals surface area contributed by atoms with Gasteiger partial charge < -0.3 is 5.32 Å². The van der Waals surface area contributed by atoms with Gasteiger partial charge in [0, 0.05) is 11.6 Å². The summed E-state index contributed by atoms with van der Waals surface area (Å²) in [6.07, 6.45) is 3.09. The highest BCUT2D eigenvalue weighted by Crippen LogP contribution is 2.21. The van der Waals surface area contributed by atoms with E-state index in [4.69, 9.17) is 11.6 Å². The Morgan fingerprint density at radius 3 is 2.81 bits per heavy atom. The Morgan fingerprint density at radius 2 is 1.95 bits per heavy atom. The zero-order chi connectivity index (χ0) is 14.8. The molecule has 2 aromatic heterocycles. The molecule has 0 fully saturated rings. The maximum Gasteiger partial charge on any atom is 0.258 e. The lowest BCUT2D eigenvalue weighted by Crippen LogP contribution is -2.13. The lowest BCUT2D eigenvalue weighted by Gasteiger charge is -2.07. The van der Waals surface area contributed by atoms with E-state index in [0.29, 0.717) is 20.9 Å². The number of benzene rings is 1. The molecule has 0 atom stereocenters. The van der Waals surface area contributed by atoms with Gasteiger partial charge in [0.2, 0.25) is 0 Å². The third kappa shape index (κ3) is 3.04. The number of nitrogens with zero attached hydrogens (tertiary/aromatic N) is 2. The summed E-state index contributed by atoms with van der Waals surface area (Å²) in [5.74, 6) is -0.297. The lowest BCUT2D eigenvalue weighted by atomic mass is 10.2. The van der Waals surface area contributed by atoms with E-state index in [1.807, 2.05) is 30.3 Å². The van der Waals surface area contributed by atoms with Crippen LogP contribution in [0.15, 0.2) is 53.4 Å². The molecule has 0 unspecified atom stereocenters. The Hall–Kier alpha value is -1.98. The number of halogens is 2. The number of aromatic nitrogens is 2. The van der Waals surface area contributed by atoms with E-state index in [0.717, 1.165) is 10.9 Å². The number of rotatable bonds is 2. The minimum Gasteiger partial charge on any atom is -0.320 e. The second kappa shape index (κ2) is 5.79. The molecule has 6 heteroatoms. The van der Waals surface area contributed by atoms with E-state index in [2.05, 4.69) is 31.2 Å². The van der Waals surface area contributed by atoms with Crippen molar-refractivity contribution in [2.45, 2.75) is 0 Å². The van der Waals surface area contributed by atoms with Crippen molar-refractivity contribution in [2.75, 3.05) is 5.32 Å². The Morgan fingerprint density at radius 1 is 1.14 bits per heavy atom. The molecule has 0 saturated heterocycles. The van der Waals surface area contributed by atoms with Gasteiger partial charge in [-0.1, -0.05) is 29.8 Å². The van der Waals surface area contributed by atoms with Gasteiger partial charge in [0.05, 0.1) is 28.0 Å². The topological polar surface area (TPSA) is 54.9 Å². The molecule has 0 aliphatic carbocycles. The molecular formula is C15H9BrClN3O. The van der Waals surface area contributed by atoms with Crippen molar-refractivity contribution in [3.8, 4) is 0 Å². The molecule has 21 heavy (non-hydrogen) atoms. The maximum atomic E-state index is 12.3. The normalized spacial score (nSPS) is 10.6. The van der Waals surface area contributed by atoms with E-state index >= 15 is 0 Å². The molecule has 0 aliphatic heterocycles. The average molecular weight is 363 g/mol. The van der Waals surface area contributed by atoms with Gasteiger partial charge in [-0.05, 0) is 34.1 Å². The summed E-state index contributed by atoms with van der Waals surface area (Å²) in [6.45, 7) is 0. The predicted molar refractivity (Wildman–Crippen MR) is 86.6 cm³/mol. The molecule has 2 heterocycles. The first-order valence-electron chi connectivity index (χ1n) is 6.11. The third-order valence-electron chi connectivity index (χ3n) is 2.90. The number of anilines is 1. The monoisotopic (exact) mass is 361 g/mol. The smallest absolute Gasteiger partial charge is 0.258 e. The Balaban J connectivity index is 1.90. The van der Waals surface area contributed by atoms with Crippen LogP contribution < -0.4 is 5.32 Å². The van der Waals surface area contributed by atoms with E-state index < -0.39 is 0 Å². The Bertz CT molecular complexity index is 838. The fourth-order valence-corrected chi connectivity index (χ4v) is 2.47. The summed E-state index contributed by atoms with van der Waals surface area (Å²) >= 11 is 9.10. The zero-order valence-electron chi connectivity index (χ0n) is 10.7. The van der Waals surface area contributed by atoms with Crippen molar-refractivity contribution in [3.05, 3.63) is 64.0 Å². The van der Waals surface area contributed by atoms with Crippen LogP contribution in [0.2, 0.25) is 5.02 Å². The van der Waals surface area contributed by atoms with Crippen molar-refractivity contribution in [1.29, 1.82) is 0 Å². The van der Waals surface area contributed by atoms with Crippen LogP contribution in [0.5, 0.6) is 0 Å². The highest BCUT2D eigenvalue weighted by atomic mass is 79.9. The first kappa shape index (κ1) is 14.0. The molecule has 1 aromatic carbocycles. The number of hydrogen-bond donors (Lipinski definition) is 1. The number of carbonyl (C=O) groups is 1. The van der Waals surface area contributed by atoms with E-state index in [-0.39, 0.29) is 5.91 Å². The fraction of sp³-hybridized carbons (Fsp3) is 0. The van der Waals surface area contributed by atoms with Crippen molar-refractivity contribution >= 4 is 50.0 Å². The summed E-state index contributed by atoms with van der Waals surface area (Å²) in [6, 6.07) is 11.1. The average Bonchev–Trinajstić information content (AvgIpc) is 2.49. The molecule has 4 nitrogen and oxygen atoms in total. The molecule has 104 valence electrons. The molecular weight excluding hydrogens is 354 g/mol. The largest absolute Gasteiger partial charge is 0.320 e. The summed E-state index contributed by atoms with van der Waals surface area (Å²) in [4.78, 5) is 20.6. The van der Waals surface area contributed by atoms with Crippen LogP contribution in [0, 0.1) is 0 Å².